The monoisotopic (exact) mass is 306 g/mol. The summed E-state index contributed by atoms with van der Waals surface area (Å²) in [6, 6.07) is 0.160. The van der Waals surface area contributed by atoms with Crippen LogP contribution in [-0.4, -0.2) is 54.4 Å². The van der Waals surface area contributed by atoms with Gasteiger partial charge >= 0.3 is 0 Å². The van der Waals surface area contributed by atoms with Crippen LogP contribution in [0.15, 0.2) is 0 Å². The number of carbonyl (C=O) groups is 2. The summed E-state index contributed by atoms with van der Waals surface area (Å²) >= 11 is 3.27. The van der Waals surface area contributed by atoms with E-state index in [0.717, 1.165) is 12.8 Å². The molecular formula is C11H19BrN2O3. The number of alkyl halides is 1. The van der Waals surface area contributed by atoms with Gasteiger partial charge in [0.15, 0.2) is 0 Å². The van der Waals surface area contributed by atoms with Crippen LogP contribution in [-0.2, 0) is 14.3 Å². The predicted molar refractivity (Wildman–Crippen MR) is 68.0 cm³/mol. The van der Waals surface area contributed by atoms with Crippen LogP contribution in [0.2, 0.25) is 0 Å². The van der Waals surface area contributed by atoms with Crippen molar-refractivity contribution in [2.24, 2.45) is 0 Å². The van der Waals surface area contributed by atoms with Crippen LogP contribution in [0.5, 0.6) is 0 Å². The summed E-state index contributed by atoms with van der Waals surface area (Å²) in [6.45, 7) is 3.33. The Balaban J connectivity index is 2.31. The van der Waals surface area contributed by atoms with Crippen molar-refractivity contribution in [2.45, 2.75) is 30.6 Å². The highest BCUT2D eigenvalue weighted by Crippen LogP contribution is 2.13. The van der Waals surface area contributed by atoms with E-state index in [1.807, 2.05) is 11.8 Å². The number of piperidine rings is 1. The van der Waals surface area contributed by atoms with Crippen molar-refractivity contribution < 1.29 is 14.3 Å². The minimum atomic E-state index is -0.137. The molecule has 0 aromatic rings. The Hall–Kier alpha value is -0.620. The number of halogens is 1. The fourth-order valence-electron chi connectivity index (χ4n) is 1.90. The number of nitrogens with zero attached hydrogens (tertiary/aromatic N) is 1. The standard InChI is InChI=1S/C11H19BrN2O3/c1-8(12)11(16)14-5-3-9(4-6-14)13-10(15)7-17-2/h8-9H,3-7H2,1-2H3,(H,13,15). The van der Waals surface area contributed by atoms with E-state index in [9.17, 15) is 9.59 Å². The number of nitrogens with one attached hydrogen (secondary N) is 1. The number of amides is 2. The van der Waals surface area contributed by atoms with Crippen molar-refractivity contribution in [3.05, 3.63) is 0 Å². The van der Waals surface area contributed by atoms with Crippen molar-refractivity contribution >= 4 is 27.7 Å². The van der Waals surface area contributed by atoms with Gasteiger partial charge in [0.25, 0.3) is 0 Å². The molecule has 6 heteroatoms. The molecule has 1 unspecified atom stereocenters. The van der Waals surface area contributed by atoms with Crippen molar-refractivity contribution in [3.63, 3.8) is 0 Å². The molecule has 2 amide bonds. The number of hydrogen-bond acceptors (Lipinski definition) is 3. The van der Waals surface area contributed by atoms with E-state index >= 15 is 0 Å². The molecule has 1 heterocycles. The van der Waals surface area contributed by atoms with Gasteiger partial charge in [0.05, 0.1) is 4.83 Å². The van der Waals surface area contributed by atoms with Gasteiger partial charge in [-0.25, -0.2) is 0 Å². The first-order valence-corrected chi connectivity index (χ1v) is 6.67. The number of methoxy groups -OCH3 is 1. The van der Waals surface area contributed by atoms with E-state index in [4.69, 9.17) is 4.74 Å². The second-order valence-corrected chi connectivity index (χ2v) is 5.59. The molecule has 1 N–H and O–H groups in total. The Labute approximate surface area is 110 Å². The lowest BCUT2D eigenvalue weighted by atomic mass is 10.0. The fourth-order valence-corrected chi connectivity index (χ4v) is 2.19. The van der Waals surface area contributed by atoms with Crippen molar-refractivity contribution in [2.75, 3.05) is 26.8 Å². The third kappa shape index (κ3) is 4.63. The molecular weight excluding hydrogens is 288 g/mol. The average molecular weight is 307 g/mol. The first kappa shape index (κ1) is 14.4. The average Bonchev–Trinajstić information content (AvgIpc) is 2.29. The molecule has 0 aromatic carbocycles. The maximum Gasteiger partial charge on any atom is 0.246 e. The molecule has 0 bridgehead atoms. The molecule has 1 saturated heterocycles. The summed E-state index contributed by atoms with van der Waals surface area (Å²) in [4.78, 5) is 24.7. The molecule has 1 aliphatic rings. The first-order chi connectivity index (χ1) is 8.04. The van der Waals surface area contributed by atoms with Gasteiger partial charge in [0.2, 0.25) is 11.8 Å². The van der Waals surface area contributed by atoms with Gasteiger partial charge in [-0.1, -0.05) is 15.9 Å². The molecule has 1 rings (SSSR count). The Morgan fingerprint density at radius 3 is 2.53 bits per heavy atom. The highest BCUT2D eigenvalue weighted by atomic mass is 79.9. The highest BCUT2D eigenvalue weighted by Gasteiger charge is 2.25. The normalized spacial score (nSPS) is 18.9. The lowest BCUT2D eigenvalue weighted by molar-refractivity contribution is -0.131. The van der Waals surface area contributed by atoms with Gasteiger partial charge in [0.1, 0.15) is 6.61 Å². The Morgan fingerprint density at radius 2 is 2.06 bits per heavy atom. The Kier molecular flexibility index (Phi) is 5.91. The minimum Gasteiger partial charge on any atom is -0.375 e. The van der Waals surface area contributed by atoms with Crippen LogP contribution < -0.4 is 5.32 Å². The minimum absolute atomic E-state index is 0.0915. The zero-order valence-electron chi connectivity index (χ0n) is 10.2. The number of ether oxygens (including phenoxy) is 1. The summed E-state index contributed by atoms with van der Waals surface area (Å²) in [6.07, 6.45) is 1.61. The maximum absolute atomic E-state index is 11.7. The Morgan fingerprint density at radius 1 is 1.47 bits per heavy atom. The number of hydrogen-bond donors (Lipinski definition) is 1. The molecule has 0 aromatic heterocycles. The van der Waals surface area contributed by atoms with Crippen LogP contribution in [0.25, 0.3) is 0 Å². The van der Waals surface area contributed by atoms with Gasteiger partial charge in [-0.3, -0.25) is 9.59 Å². The summed E-state index contributed by atoms with van der Waals surface area (Å²) in [5.41, 5.74) is 0. The maximum atomic E-state index is 11.7. The fraction of sp³-hybridized carbons (Fsp3) is 0.818. The van der Waals surface area contributed by atoms with Gasteiger partial charge in [0, 0.05) is 26.2 Å². The molecule has 5 nitrogen and oxygen atoms in total. The van der Waals surface area contributed by atoms with Crippen LogP contribution in [0.3, 0.4) is 0 Å². The summed E-state index contributed by atoms with van der Waals surface area (Å²) in [5.74, 6) is 0.0257. The molecule has 17 heavy (non-hydrogen) atoms. The molecule has 98 valence electrons. The molecule has 0 aliphatic carbocycles. The molecule has 1 atom stereocenters. The van der Waals surface area contributed by atoms with E-state index in [2.05, 4.69) is 21.2 Å². The quantitative estimate of drug-likeness (QED) is 0.771. The Bertz CT molecular complexity index is 276. The summed E-state index contributed by atoms with van der Waals surface area (Å²) < 4.78 is 4.75. The van der Waals surface area contributed by atoms with E-state index in [1.165, 1.54) is 7.11 Å². The summed E-state index contributed by atoms with van der Waals surface area (Å²) in [5, 5.41) is 2.89. The lowest BCUT2D eigenvalue weighted by Crippen LogP contribution is -2.48. The van der Waals surface area contributed by atoms with Gasteiger partial charge in [-0.2, -0.15) is 0 Å². The van der Waals surface area contributed by atoms with Crippen LogP contribution >= 0.6 is 15.9 Å². The SMILES string of the molecule is COCC(=O)NC1CCN(C(=O)C(C)Br)CC1. The van der Waals surface area contributed by atoms with Crippen molar-refractivity contribution in [1.82, 2.24) is 10.2 Å². The van der Waals surface area contributed by atoms with E-state index in [0.29, 0.717) is 13.1 Å². The summed E-state index contributed by atoms with van der Waals surface area (Å²) in [7, 11) is 1.50. The second kappa shape index (κ2) is 6.96. The van der Waals surface area contributed by atoms with Gasteiger partial charge in [-0.15, -0.1) is 0 Å². The van der Waals surface area contributed by atoms with Crippen LogP contribution in [0.4, 0.5) is 0 Å². The predicted octanol–water partition coefficient (Wildman–Crippen LogP) is 0.523. The van der Waals surface area contributed by atoms with Gasteiger partial charge < -0.3 is 15.0 Å². The van der Waals surface area contributed by atoms with E-state index in [-0.39, 0.29) is 29.3 Å². The second-order valence-electron chi connectivity index (χ2n) is 4.22. The van der Waals surface area contributed by atoms with Crippen LogP contribution in [0.1, 0.15) is 19.8 Å². The third-order valence-electron chi connectivity index (χ3n) is 2.79. The largest absolute Gasteiger partial charge is 0.375 e. The zero-order chi connectivity index (χ0) is 12.8. The van der Waals surface area contributed by atoms with E-state index < -0.39 is 0 Å². The smallest absolute Gasteiger partial charge is 0.246 e. The topological polar surface area (TPSA) is 58.6 Å². The number of likely N-dealkylation sites (tertiary alicyclic amines) is 1. The third-order valence-corrected chi connectivity index (χ3v) is 3.18. The number of rotatable bonds is 4. The van der Waals surface area contributed by atoms with E-state index in [1.54, 1.807) is 0 Å². The zero-order valence-corrected chi connectivity index (χ0v) is 11.8. The molecule has 0 radical (unpaired) electrons. The number of carbonyl (C=O) groups excluding carboxylic acids is 2. The van der Waals surface area contributed by atoms with Crippen LogP contribution in [0, 0.1) is 0 Å². The van der Waals surface area contributed by atoms with Gasteiger partial charge in [-0.05, 0) is 19.8 Å². The van der Waals surface area contributed by atoms with Crippen molar-refractivity contribution in [3.8, 4) is 0 Å². The first-order valence-electron chi connectivity index (χ1n) is 5.75. The lowest BCUT2D eigenvalue weighted by Gasteiger charge is -2.33. The highest BCUT2D eigenvalue weighted by molar-refractivity contribution is 9.10. The molecule has 1 fully saturated rings. The molecule has 0 saturated carbocycles. The molecule has 1 aliphatic heterocycles. The molecule has 0 spiro atoms. The van der Waals surface area contributed by atoms with Crippen molar-refractivity contribution in [1.29, 1.82) is 0 Å².